The van der Waals surface area contributed by atoms with E-state index in [-0.39, 0.29) is 17.6 Å². The van der Waals surface area contributed by atoms with Gasteiger partial charge in [0.25, 0.3) is 0 Å². The second-order valence-corrected chi connectivity index (χ2v) is 4.68. The van der Waals surface area contributed by atoms with Gasteiger partial charge in [0.15, 0.2) is 0 Å². The van der Waals surface area contributed by atoms with Gasteiger partial charge in [-0.25, -0.2) is 4.39 Å². The molecule has 5 heteroatoms. The van der Waals surface area contributed by atoms with E-state index in [1.54, 1.807) is 12.1 Å². The Balaban J connectivity index is 1.89. The largest absolute Gasteiger partial charge is 0.352 e. The average molecular weight is 287 g/mol. The SMILES string of the molecule is O=C(NCc1ccc(Br)c(F)c1)C1CNC1. The van der Waals surface area contributed by atoms with E-state index in [0.717, 1.165) is 18.7 Å². The zero-order valence-electron chi connectivity index (χ0n) is 8.59. The first kappa shape index (κ1) is 11.5. The van der Waals surface area contributed by atoms with Crippen LogP contribution in [0.4, 0.5) is 4.39 Å². The molecule has 0 saturated carbocycles. The minimum Gasteiger partial charge on any atom is -0.352 e. The molecule has 1 fully saturated rings. The standard InChI is InChI=1S/C11H12BrFN2O/c12-9-2-1-7(3-10(9)13)4-15-11(16)8-5-14-6-8/h1-3,8,14H,4-6H2,(H,15,16). The Morgan fingerprint density at radius 1 is 1.56 bits per heavy atom. The molecule has 1 aliphatic heterocycles. The highest BCUT2D eigenvalue weighted by atomic mass is 79.9. The Morgan fingerprint density at radius 2 is 2.31 bits per heavy atom. The van der Waals surface area contributed by atoms with Crippen LogP contribution in [-0.4, -0.2) is 19.0 Å². The van der Waals surface area contributed by atoms with Gasteiger partial charge in [-0.2, -0.15) is 0 Å². The highest BCUT2D eigenvalue weighted by Crippen LogP contribution is 2.16. The second kappa shape index (κ2) is 4.93. The lowest BCUT2D eigenvalue weighted by Crippen LogP contribution is -2.50. The number of rotatable bonds is 3. The fraction of sp³-hybridized carbons (Fsp3) is 0.364. The zero-order valence-corrected chi connectivity index (χ0v) is 10.2. The molecule has 0 unspecified atom stereocenters. The Labute approximate surface area is 102 Å². The molecule has 0 atom stereocenters. The summed E-state index contributed by atoms with van der Waals surface area (Å²) in [6, 6.07) is 4.84. The van der Waals surface area contributed by atoms with Gasteiger partial charge in [-0.15, -0.1) is 0 Å². The summed E-state index contributed by atoms with van der Waals surface area (Å²) in [6.07, 6.45) is 0. The summed E-state index contributed by atoms with van der Waals surface area (Å²) in [5, 5.41) is 5.82. The van der Waals surface area contributed by atoms with Crippen LogP contribution in [0.5, 0.6) is 0 Å². The van der Waals surface area contributed by atoms with Crippen molar-refractivity contribution >= 4 is 21.8 Å². The first-order valence-corrected chi connectivity index (χ1v) is 5.88. The highest BCUT2D eigenvalue weighted by molar-refractivity contribution is 9.10. The first-order chi connectivity index (χ1) is 7.66. The van der Waals surface area contributed by atoms with E-state index in [9.17, 15) is 9.18 Å². The van der Waals surface area contributed by atoms with Gasteiger partial charge in [0.2, 0.25) is 5.91 Å². The molecule has 2 rings (SSSR count). The quantitative estimate of drug-likeness (QED) is 0.883. The van der Waals surface area contributed by atoms with E-state index in [2.05, 4.69) is 26.6 Å². The minimum absolute atomic E-state index is 0.0297. The second-order valence-electron chi connectivity index (χ2n) is 3.82. The topological polar surface area (TPSA) is 41.1 Å². The molecule has 1 aromatic rings. The van der Waals surface area contributed by atoms with Gasteiger partial charge in [-0.3, -0.25) is 4.79 Å². The summed E-state index contributed by atoms with van der Waals surface area (Å²) in [6.45, 7) is 1.85. The van der Waals surface area contributed by atoms with Gasteiger partial charge in [-0.05, 0) is 33.6 Å². The summed E-state index contributed by atoms with van der Waals surface area (Å²) in [5.41, 5.74) is 0.765. The first-order valence-electron chi connectivity index (χ1n) is 5.09. The lowest BCUT2D eigenvalue weighted by Gasteiger charge is -2.25. The lowest BCUT2D eigenvalue weighted by molar-refractivity contribution is -0.126. The Hall–Kier alpha value is -0.940. The van der Waals surface area contributed by atoms with Gasteiger partial charge in [0.05, 0.1) is 10.4 Å². The predicted octanol–water partition coefficient (Wildman–Crippen LogP) is 1.42. The van der Waals surface area contributed by atoms with Crippen molar-refractivity contribution in [3.63, 3.8) is 0 Å². The van der Waals surface area contributed by atoms with Crippen LogP contribution < -0.4 is 10.6 Å². The van der Waals surface area contributed by atoms with Gasteiger partial charge in [0, 0.05) is 19.6 Å². The normalized spacial score (nSPS) is 15.6. The van der Waals surface area contributed by atoms with Crippen LogP contribution in [-0.2, 0) is 11.3 Å². The Morgan fingerprint density at radius 3 is 2.88 bits per heavy atom. The number of nitrogens with one attached hydrogen (secondary N) is 2. The summed E-state index contributed by atoms with van der Waals surface area (Å²) in [7, 11) is 0. The summed E-state index contributed by atoms with van der Waals surface area (Å²) < 4.78 is 13.6. The van der Waals surface area contributed by atoms with E-state index < -0.39 is 0 Å². The van der Waals surface area contributed by atoms with E-state index in [0.29, 0.717) is 11.0 Å². The average Bonchev–Trinajstić information content (AvgIpc) is 2.17. The zero-order chi connectivity index (χ0) is 11.5. The van der Waals surface area contributed by atoms with Crippen molar-refractivity contribution in [3.05, 3.63) is 34.1 Å². The molecule has 0 aliphatic carbocycles. The van der Waals surface area contributed by atoms with E-state index in [1.165, 1.54) is 6.07 Å². The van der Waals surface area contributed by atoms with Gasteiger partial charge < -0.3 is 10.6 Å². The van der Waals surface area contributed by atoms with Crippen molar-refractivity contribution in [2.75, 3.05) is 13.1 Å². The van der Waals surface area contributed by atoms with Crippen LogP contribution in [0.3, 0.4) is 0 Å². The summed E-state index contributed by atoms with van der Waals surface area (Å²) >= 11 is 3.08. The van der Waals surface area contributed by atoms with Crippen LogP contribution >= 0.6 is 15.9 Å². The van der Waals surface area contributed by atoms with Crippen LogP contribution in [0.2, 0.25) is 0 Å². The number of benzene rings is 1. The predicted molar refractivity (Wildman–Crippen MR) is 62.3 cm³/mol. The van der Waals surface area contributed by atoms with Crippen LogP contribution in [0.15, 0.2) is 22.7 Å². The number of hydrogen-bond donors (Lipinski definition) is 2. The number of amides is 1. The molecule has 1 amide bonds. The van der Waals surface area contributed by atoms with Crippen LogP contribution in [0.25, 0.3) is 0 Å². The smallest absolute Gasteiger partial charge is 0.225 e. The molecule has 0 radical (unpaired) electrons. The molecule has 0 aromatic heterocycles. The van der Waals surface area contributed by atoms with E-state index in [1.807, 2.05) is 0 Å². The van der Waals surface area contributed by atoms with E-state index >= 15 is 0 Å². The van der Waals surface area contributed by atoms with Gasteiger partial charge >= 0.3 is 0 Å². The Kier molecular flexibility index (Phi) is 3.56. The highest BCUT2D eigenvalue weighted by Gasteiger charge is 2.24. The summed E-state index contributed by atoms with van der Waals surface area (Å²) in [5.74, 6) is -0.209. The molecule has 1 aromatic carbocycles. The Bertz CT molecular complexity index is 407. The fourth-order valence-corrected chi connectivity index (χ4v) is 1.70. The van der Waals surface area contributed by atoms with Crippen molar-refractivity contribution in [2.24, 2.45) is 5.92 Å². The van der Waals surface area contributed by atoms with Crippen molar-refractivity contribution in [1.82, 2.24) is 10.6 Å². The molecule has 16 heavy (non-hydrogen) atoms. The third kappa shape index (κ3) is 2.59. The lowest BCUT2D eigenvalue weighted by atomic mass is 10.0. The number of carbonyl (C=O) groups excluding carboxylic acids is 1. The molecule has 0 bridgehead atoms. The third-order valence-corrected chi connectivity index (χ3v) is 3.25. The van der Waals surface area contributed by atoms with Crippen molar-refractivity contribution in [2.45, 2.75) is 6.54 Å². The monoisotopic (exact) mass is 286 g/mol. The number of halogens is 2. The number of carbonyl (C=O) groups is 1. The van der Waals surface area contributed by atoms with Crippen molar-refractivity contribution < 1.29 is 9.18 Å². The molecule has 3 nitrogen and oxygen atoms in total. The fourth-order valence-electron chi connectivity index (χ4n) is 1.46. The maximum atomic E-state index is 13.2. The number of hydrogen-bond acceptors (Lipinski definition) is 2. The molecule has 2 N–H and O–H groups in total. The molecule has 0 spiro atoms. The van der Waals surface area contributed by atoms with E-state index in [4.69, 9.17) is 0 Å². The maximum absolute atomic E-state index is 13.2. The molecule has 86 valence electrons. The minimum atomic E-state index is -0.308. The van der Waals surface area contributed by atoms with Gasteiger partial charge in [-0.1, -0.05) is 6.07 Å². The molecule has 1 aliphatic rings. The maximum Gasteiger partial charge on any atom is 0.225 e. The molecular weight excluding hydrogens is 275 g/mol. The van der Waals surface area contributed by atoms with Gasteiger partial charge in [0.1, 0.15) is 5.82 Å². The van der Waals surface area contributed by atoms with Crippen molar-refractivity contribution in [1.29, 1.82) is 0 Å². The molecular formula is C11H12BrFN2O. The molecule has 1 saturated heterocycles. The third-order valence-electron chi connectivity index (χ3n) is 2.60. The van der Waals surface area contributed by atoms with Crippen LogP contribution in [0, 0.1) is 11.7 Å². The van der Waals surface area contributed by atoms with Crippen molar-refractivity contribution in [3.8, 4) is 0 Å². The summed E-state index contributed by atoms with van der Waals surface area (Å²) in [4.78, 5) is 11.5. The van der Waals surface area contributed by atoms with Crippen LogP contribution in [0.1, 0.15) is 5.56 Å². The molecule has 1 heterocycles.